The molecular weight excluding hydrogens is 268 g/mol. The quantitative estimate of drug-likeness (QED) is 0.787. The first-order valence-corrected chi connectivity index (χ1v) is 6.82. The van der Waals surface area contributed by atoms with Crippen molar-refractivity contribution in [2.75, 3.05) is 11.9 Å². The first-order chi connectivity index (χ1) is 10.1. The minimum Gasteiger partial charge on any atom is -0.396 e. The highest BCUT2D eigenvalue weighted by atomic mass is 16.3. The Morgan fingerprint density at radius 3 is 2.67 bits per heavy atom. The van der Waals surface area contributed by atoms with Gasteiger partial charge >= 0.3 is 6.03 Å². The van der Waals surface area contributed by atoms with Crippen LogP contribution < -0.4 is 10.6 Å². The number of aliphatic hydroxyl groups excluding tert-OH is 1. The van der Waals surface area contributed by atoms with Crippen molar-refractivity contribution in [1.82, 2.24) is 15.1 Å². The number of carbonyl (C=O) groups is 1. The van der Waals surface area contributed by atoms with Gasteiger partial charge in [0.2, 0.25) is 0 Å². The average molecular weight is 288 g/mol. The van der Waals surface area contributed by atoms with E-state index in [-0.39, 0.29) is 18.7 Å². The zero-order valence-corrected chi connectivity index (χ0v) is 12.2. The van der Waals surface area contributed by atoms with Gasteiger partial charge < -0.3 is 15.7 Å². The molecule has 0 radical (unpaired) electrons. The van der Waals surface area contributed by atoms with Crippen molar-refractivity contribution in [3.05, 3.63) is 47.8 Å². The van der Waals surface area contributed by atoms with E-state index in [1.165, 1.54) is 0 Å². The monoisotopic (exact) mass is 288 g/mol. The molecule has 0 aliphatic heterocycles. The van der Waals surface area contributed by atoms with Crippen LogP contribution in [0.5, 0.6) is 0 Å². The third-order valence-electron chi connectivity index (χ3n) is 3.17. The molecule has 0 saturated heterocycles. The molecule has 2 aromatic rings. The lowest BCUT2D eigenvalue weighted by Crippen LogP contribution is -2.33. The SMILES string of the molecule is Cc1ccc(C(CCO)NC(=O)Nc2cnn(C)c2)cc1. The number of amides is 2. The van der Waals surface area contributed by atoms with Crippen molar-refractivity contribution < 1.29 is 9.90 Å². The minimum absolute atomic E-state index is 0.00567. The predicted molar refractivity (Wildman–Crippen MR) is 81.0 cm³/mol. The summed E-state index contributed by atoms with van der Waals surface area (Å²) in [7, 11) is 1.78. The molecule has 1 atom stereocenters. The highest BCUT2D eigenvalue weighted by Gasteiger charge is 2.14. The van der Waals surface area contributed by atoms with E-state index in [9.17, 15) is 9.90 Å². The van der Waals surface area contributed by atoms with Gasteiger partial charge in [0.25, 0.3) is 0 Å². The largest absolute Gasteiger partial charge is 0.396 e. The molecule has 1 unspecified atom stereocenters. The fraction of sp³-hybridized carbons (Fsp3) is 0.333. The summed E-state index contributed by atoms with van der Waals surface area (Å²) < 4.78 is 1.61. The molecule has 2 rings (SSSR count). The number of hydrogen-bond donors (Lipinski definition) is 3. The van der Waals surface area contributed by atoms with Gasteiger partial charge in [-0.2, -0.15) is 5.10 Å². The topological polar surface area (TPSA) is 79.2 Å². The molecule has 0 fully saturated rings. The zero-order chi connectivity index (χ0) is 15.2. The highest BCUT2D eigenvalue weighted by molar-refractivity contribution is 5.89. The molecule has 6 heteroatoms. The van der Waals surface area contributed by atoms with E-state index in [4.69, 9.17) is 0 Å². The number of benzene rings is 1. The molecule has 2 amide bonds. The van der Waals surface area contributed by atoms with E-state index in [1.54, 1.807) is 24.1 Å². The molecule has 0 aliphatic carbocycles. The van der Waals surface area contributed by atoms with Gasteiger partial charge in [0.05, 0.1) is 17.9 Å². The molecule has 1 aromatic carbocycles. The summed E-state index contributed by atoms with van der Waals surface area (Å²) in [4.78, 5) is 12.0. The van der Waals surface area contributed by atoms with Crippen LogP contribution in [0.25, 0.3) is 0 Å². The number of urea groups is 1. The number of hydrogen-bond acceptors (Lipinski definition) is 3. The van der Waals surface area contributed by atoms with Gasteiger partial charge in [-0.05, 0) is 18.9 Å². The standard InChI is InChI=1S/C15H20N4O2/c1-11-3-5-12(6-4-11)14(7-8-20)18-15(21)17-13-9-16-19(2)10-13/h3-6,9-10,14,20H,7-8H2,1-2H3,(H2,17,18,21). The van der Waals surface area contributed by atoms with Gasteiger partial charge in [-0.1, -0.05) is 29.8 Å². The van der Waals surface area contributed by atoms with Crippen molar-refractivity contribution in [3.8, 4) is 0 Å². The van der Waals surface area contributed by atoms with E-state index in [0.717, 1.165) is 11.1 Å². The molecule has 0 aliphatic rings. The Morgan fingerprint density at radius 2 is 2.10 bits per heavy atom. The molecule has 21 heavy (non-hydrogen) atoms. The van der Waals surface area contributed by atoms with Crippen LogP contribution in [0, 0.1) is 6.92 Å². The molecule has 1 heterocycles. The van der Waals surface area contributed by atoms with Crippen LogP contribution in [-0.2, 0) is 7.05 Å². The summed E-state index contributed by atoms with van der Waals surface area (Å²) in [5.41, 5.74) is 2.75. The summed E-state index contributed by atoms with van der Waals surface area (Å²) in [5.74, 6) is 0. The van der Waals surface area contributed by atoms with E-state index in [2.05, 4.69) is 15.7 Å². The van der Waals surface area contributed by atoms with Crippen molar-refractivity contribution in [2.45, 2.75) is 19.4 Å². The molecule has 0 bridgehead atoms. The number of anilines is 1. The van der Waals surface area contributed by atoms with Gasteiger partial charge in [0.15, 0.2) is 0 Å². The summed E-state index contributed by atoms with van der Waals surface area (Å²) in [6.07, 6.45) is 3.75. The minimum atomic E-state index is -0.318. The van der Waals surface area contributed by atoms with Gasteiger partial charge in [0, 0.05) is 19.9 Å². The summed E-state index contributed by atoms with van der Waals surface area (Å²) >= 11 is 0. The first kappa shape index (κ1) is 15.1. The molecule has 3 N–H and O–H groups in total. The van der Waals surface area contributed by atoms with Gasteiger partial charge in [0.1, 0.15) is 0 Å². The summed E-state index contributed by atoms with van der Waals surface area (Å²) in [6, 6.07) is 7.34. The van der Waals surface area contributed by atoms with Crippen LogP contribution in [-0.4, -0.2) is 27.5 Å². The Balaban J connectivity index is 2.01. The van der Waals surface area contributed by atoms with Crippen molar-refractivity contribution in [1.29, 1.82) is 0 Å². The molecule has 0 saturated carbocycles. The lowest BCUT2D eigenvalue weighted by atomic mass is 10.0. The average Bonchev–Trinajstić information content (AvgIpc) is 2.84. The Hall–Kier alpha value is -2.34. The van der Waals surface area contributed by atoms with Gasteiger partial charge in [-0.25, -0.2) is 4.79 Å². The van der Waals surface area contributed by atoms with E-state index in [0.29, 0.717) is 12.1 Å². The molecule has 1 aromatic heterocycles. The Morgan fingerprint density at radius 1 is 1.38 bits per heavy atom. The second-order valence-corrected chi connectivity index (χ2v) is 4.98. The number of aliphatic hydroxyl groups is 1. The third kappa shape index (κ3) is 4.32. The maximum atomic E-state index is 12.0. The fourth-order valence-electron chi connectivity index (χ4n) is 2.06. The van der Waals surface area contributed by atoms with E-state index < -0.39 is 0 Å². The maximum Gasteiger partial charge on any atom is 0.319 e. The summed E-state index contributed by atoms with van der Waals surface area (Å²) in [6.45, 7) is 2.01. The molecular formula is C15H20N4O2. The first-order valence-electron chi connectivity index (χ1n) is 6.82. The Bertz CT molecular complexity index is 592. The van der Waals surface area contributed by atoms with Crippen LogP contribution >= 0.6 is 0 Å². The van der Waals surface area contributed by atoms with E-state index in [1.807, 2.05) is 31.2 Å². The number of rotatable bonds is 5. The normalized spacial score (nSPS) is 12.0. The number of carbonyl (C=O) groups excluding carboxylic acids is 1. The van der Waals surface area contributed by atoms with Gasteiger partial charge in [-0.3, -0.25) is 4.68 Å². The van der Waals surface area contributed by atoms with Gasteiger partial charge in [-0.15, -0.1) is 0 Å². The fourth-order valence-corrected chi connectivity index (χ4v) is 2.06. The predicted octanol–water partition coefficient (Wildman–Crippen LogP) is 1.97. The number of nitrogens with zero attached hydrogens (tertiary/aromatic N) is 2. The third-order valence-corrected chi connectivity index (χ3v) is 3.17. The number of nitrogens with one attached hydrogen (secondary N) is 2. The lowest BCUT2D eigenvalue weighted by Gasteiger charge is -2.18. The second kappa shape index (κ2) is 6.90. The van der Waals surface area contributed by atoms with Crippen LogP contribution in [0.3, 0.4) is 0 Å². The van der Waals surface area contributed by atoms with Crippen molar-refractivity contribution >= 4 is 11.7 Å². The smallest absolute Gasteiger partial charge is 0.319 e. The van der Waals surface area contributed by atoms with Crippen LogP contribution in [0.1, 0.15) is 23.6 Å². The van der Waals surface area contributed by atoms with Crippen LogP contribution in [0.15, 0.2) is 36.7 Å². The van der Waals surface area contributed by atoms with Crippen LogP contribution in [0.4, 0.5) is 10.5 Å². The summed E-state index contributed by atoms with van der Waals surface area (Å²) in [5, 5.41) is 18.7. The second-order valence-electron chi connectivity index (χ2n) is 4.98. The van der Waals surface area contributed by atoms with Crippen LogP contribution in [0.2, 0.25) is 0 Å². The molecule has 112 valence electrons. The Kier molecular flexibility index (Phi) is 4.94. The molecule has 6 nitrogen and oxygen atoms in total. The highest BCUT2D eigenvalue weighted by Crippen LogP contribution is 2.17. The van der Waals surface area contributed by atoms with Crippen molar-refractivity contribution in [3.63, 3.8) is 0 Å². The molecule has 0 spiro atoms. The maximum absolute atomic E-state index is 12.0. The number of aryl methyl sites for hydroxylation is 2. The zero-order valence-electron chi connectivity index (χ0n) is 12.2. The Labute approximate surface area is 123 Å². The van der Waals surface area contributed by atoms with Crippen molar-refractivity contribution in [2.24, 2.45) is 7.05 Å². The lowest BCUT2D eigenvalue weighted by molar-refractivity contribution is 0.239. The van der Waals surface area contributed by atoms with E-state index >= 15 is 0 Å². The number of aromatic nitrogens is 2.